The monoisotopic (exact) mass is 446 g/mol. The van der Waals surface area contributed by atoms with E-state index in [0.717, 1.165) is 43.5 Å². The molecule has 0 saturated heterocycles. The first-order valence-electron chi connectivity index (χ1n) is 7.58. The smallest absolute Gasteiger partial charge is 0.191 e. The molecule has 0 radical (unpaired) electrons. The Morgan fingerprint density at radius 2 is 1.78 bits per heavy atom. The van der Waals surface area contributed by atoms with Crippen LogP contribution in [-0.4, -0.2) is 30.7 Å². The van der Waals surface area contributed by atoms with Crippen molar-refractivity contribution in [2.75, 3.05) is 20.1 Å². The third-order valence-electron chi connectivity index (χ3n) is 3.43. The van der Waals surface area contributed by atoms with Crippen LogP contribution >= 0.6 is 35.6 Å². The molecule has 2 rings (SSSR count). The topological polar surface area (TPSA) is 41.4 Å². The summed E-state index contributed by atoms with van der Waals surface area (Å²) in [7, 11) is 1.79. The number of halogens is 2. The third kappa shape index (κ3) is 7.26. The summed E-state index contributed by atoms with van der Waals surface area (Å²) in [5, 5.41) is 7.48. The van der Waals surface area contributed by atoms with Crippen molar-refractivity contribution in [3.63, 3.8) is 0 Å². The third-order valence-corrected chi connectivity index (χ3v) is 3.79. The first kappa shape index (κ1) is 19.8. The summed E-state index contributed by atoms with van der Waals surface area (Å²) in [6, 6.07) is 12.1. The van der Waals surface area contributed by atoms with Crippen molar-refractivity contribution < 1.29 is 0 Å². The first-order valence-corrected chi connectivity index (χ1v) is 7.96. The zero-order valence-corrected chi connectivity index (χ0v) is 16.4. The highest BCUT2D eigenvalue weighted by Crippen LogP contribution is 2.16. The summed E-state index contributed by atoms with van der Waals surface area (Å²) in [6.45, 7) is 2.64. The van der Waals surface area contributed by atoms with Gasteiger partial charge in [-0.25, -0.2) is 0 Å². The minimum absolute atomic E-state index is 0. The van der Waals surface area contributed by atoms with Gasteiger partial charge in [0.25, 0.3) is 0 Å². The average molecular weight is 447 g/mol. The summed E-state index contributed by atoms with van der Waals surface area (Å²) in [5.74, 6) is 0.839. The van der Waals surface area contributed by atoms with Gasteiger partial charge < -0.3 is 15.2 Å². The van der Waals surface area contributed by atoms with Crippen LogP contribution in [0.4, 0.5) is 0 Å². The van der Waals surface area contributed by atoms with E-state index in [1.54, 1.807) is 7.05 Å². The van der Waals surface area contributed by atoms with Crippen LogP contribution in [0.2, 0.25) is 5.02 Å². The lowest BCUT2D eigenvalue weighted by Gasteiger charge is -2.12. The number of nitrogens with zero attached hydrogens (tertiary/aromatic N) is 2. The van der Waals surface area contributed by atoms with Gasteiger partial charge in [0, 0.05) is 44.1 Å². The minimum atomic E-state index is 0. The summed E-state index contributed by atoms with van der Waals surface area (Å²) in [5.41, 5.74) is 1.20. The van der Waals surface area contributed by atoms with Gasteiger partial charge in [0.2, 0.25) is 0 Å². The van der Waals surface area contributed by atoms with Gasteiger partial charge in [-0.1, -0.05) is 29.8 Å². The van der Waals surface area contributed by atoms with Crippen LogP contribution in [0, 0.1) is 0 Å². The molecule has 0 bridgehead atoms. The van der Waals surface area contributed by atoms with E-state index < -0.39 is 0 Å². The van der Waals surface area contributed by atoms with Crippen LogP contribution in [0.25, 0.3) is 0 Å². The number of guanidine groups is 1. The molecule has 0 aliphatic carbocycles. The van der Waals surface area contributed by atoms with E-state index in [-0.39, 0.29) is 24.0 Å². The van der Waals surface area contributed by atoms with Crippen molar-refractivity contribution >= 4 is 41.5 Å². The van der Waals surface area contributed by atoms with Crippen molar-refractivity contribution in [2.45, 2.75) is 19.4 Å². The molecule has 1 aromatic carbocycles. The maximum absolute atomic E-state index is 6.15. The van der Waals surface area contributed by atoms with E-state index in [0.29, 0.717) is 0 Å². The fourth-order valence-corrected chi connectivity index (χ4v) is 2.46. The summed E-state index contributed by atoms with van der Waals surface area (Å²) in [4.78, 5) is 4.23. The highest BCUT2D eigenvalue weighted by molar-refractivity contribution is 14.0. The molecule has 1 aromatic heterocycles. The van der Waals surface area contributed by atoms with Crippen LogP contribution in [0.15, 0.2) is 53.8 Å². The molecule has 0 spiro atoms. The van der Waals surface area contributed by atoms with Gasteiger partial charge in [0.05, 0.1) is 0 Å². The molecular weight excluding hydrogens is 423 g/mol. The molecule has 0 aliphatic heterocycles. The van der Waals surface area contributed by atoms with Crippen LogP contribution < -0.4 is 10.6 Å². The normalized spacial score (nSPS) is 11.0. The van der Waals surface area contributed by atoms with E-state index in [9.17, 15) is 0 Å². The molecule has 0 amide bonds. The standard InChI is InChI=1S/C17H23ClN4.HI/c1-19-17(21-11-14-22-12-4-5-13-22)20-10-6-8-15-7-2-3-9-16(15)18;/h2-5,7,9,12-13H,6,8,10-11,14H2,1H3,(H2,19,20,21);1H. The van der Waals surface area contributed by atoms with Crippen LogP contribution in [0.1, 0.15) is 12.0 Å². The Hall–Kier alpha value is -1.21. The Morgan fingerprint density at radius 1 is 1.09 bits per heavy atom. The first-order chi connectivity index (χ1) is 10.8. The Balaban J connectivity index is 0.00000264. The molecule has 0 aliphatic rings. The van der Waals surface area contributed by atoms with Crippen molar-refractivity contribution in [3.8, 4) is 0 Å². The number of hydrogen-bond acceptors (Lipinski definition) is 1. The SMILES string of the molecule is CN=C(NCCCc1ccccc1Cl)NCCn1cccc1.I. The fraction of sp³-hybridized carbons (Fsp3) is 0.353. The van der Waals surface area contributed by atoms with Crippen molar-refractivity contribution in [1.29, 1.82) is 0 Å². The van der Waals surface area contributed by atoms with Crippen molar-refractivity contribution in [2.24, 2.45) is 4.99 Å². The number of benzene rings is 1. The number of aromatic nitrogens is 1. The maximum atomic E-state index is 6.15. The maximum Gasteiger partial charge on any atom is 0.191 e. The fourth-order valence-electron chi connectivity index (χ4n) is 2.23. The van der Waals surface area contributed by atoms with Gasteiger partial charge in [-0.05, 0) is 36.6 Å². The molecule has 0 saturated carbocycles. The summed E-state index contributed by atoms with van der Waals surface area (Å²) < 4.78 is 2.14. The molecule has 2 N–H and O–H groups in total. The summed E-state index contributed by atoms with van der Waals surface area (Å²) in [6.07, 6.45) is 6.10. The lowest BCUT2D eigenvalue weighted by molar-refractivity contribution is 0.661. The van der Waals surface area contributed by atoms with E-state index in [1.807, 2.05) is 30.3 Å². The number of aryl methyl sites for hydroxylation is 1. The lowest BCUT2D eigenvalue weighted by atomic mass is 10.1. The lowest BCUT2D eigenvalue weighted by Crippen LogP contribution is -2.39. The molecule has 23 heavy (non-hydrogen) atoms. The predicted molar refractivity (Wildman–Crippen MR) is 109 cm³/mol. The van der Waals surface area contributed by atoms with E-state index in [1.165, 1.54) is 5.56 Å². The molecule has 4 nitrogen and oxygen atoms in total. The van der Waals surface area contributed by atoms with E-state index >= 15 is 0 Å². The van der Waals surface area contributed by atoms with Crippen LogP contribution in [-0.2, 0) is 13.0 Å². The Bertz CT molecular complexity index is 584. The highest BCUT2D eigenvalue weighted by atomic mass is 127. The van der Waals surface area contributed by atoms with Gasteiger partial charge >= 0.3 is 0 Å². The quantitative estimate of drug-likeness (QED) is 0.296. The minimum Gasteiger partial charge on any atom is -0.356 e. The molecule has 0 atom stereocenters. The second-order valence-corrected chi connectivity index (χ2v) is 5.45. The zero-order chi connectivity index (χ0) is 15.6. The summed E-state index contributed by atoms with van der Waals surface area (Å²) >= 11 is 6.15. The number of hydrogen-bond donors (Lipinski definition) is 2. The number of nitrogens with one attached hydrogen (secondary N) is 2. The molecule has 0 fully saturated rings. The Labute approximate surface area is 160 Å². The second kappa shape index (κ2) is 11.3. The molecule has 0 unspecified atom stereocenters. The Morgan fingerprint density at radius 3 is 2.48 bits per heavy atom. The Kier molecular flexibility index (Phi) is 9.78. The van der Waals surface area contributed by atoms with Crippen LogP contribution in [0.3, 0.4) is 0 Å². The van der Waals surface area contributed by atoms with Gasteiger partial charge in [0.15, 0.2) is 5.96 Å². The molecule has 2 aromatic rings. The van der Waals surface area contributed by atoms with E-state index in [2.05, 4.69) is 38.7 Å². The van der Waals surface area contributed by atoms with E-state index in [4.69, 9.17) is 11.6 Å². The van der Waals surface area contributed by atoms with Crippen molar-refractivity contribution in [3.05, 3.63) is 59.4 Å². The van der Waals surface area contributed by atoms with Gasteiger partial charge in [-0.3, -0.25) is 4.99 Å². The van der Waals surface area contributed by atoms with Gasteiger partial charge in [-0.15, -0.1) is 24.0 Å². The van der Waals surface area contributed by atoms with Crippen LogP contribution in [0.5, 0.6) is 0 Å². The van der Waals surface area contributed by atoms with Gasteiger partial charge in [-0.2, -0.15) is 0 Å². The number of aliphatic imine (C=N–C) groups is 1. The highest BCUT2D eigenvalue weighted by Gasteiger charge is 2.00. The predicted octanol–water partition coefficient (Wildman–Crippen LogP) is 3.56. The largest absolute Gasteiger partial charge is 0.356 e. The average Bonchev–Trinajstić information content (AvgIpc) is 3.04. The number of rotatable bonds is 7. The van der Waals surface area contributed by atoms with Crippen molar-refractivity contribution in [1.82, 2.24) is 15.2 Å². The van der Waals surface area contributed by atoms with Gasteiger partial charge in [0.1, 0.15) is 0 Å². The molecule has 126 valence electrons. The zero-order valence-electron chi connectivity index (χ0n) is 13.3. The second-order valence-electron chi connectivity index (χ2n) is 5.04. The molecule has 1 heterocycles. The molecular formula is C17H24ClIN4. The molecule has 6 heteroatoms.